The highest BCUT2D eigenvalue weighted by Crippen LogP contribution is 2.48. The first-order valence-electron chi connectivity index (χ1n) is 19.4. The summed E-state index contributed by atoms with van der Waals surface area (Å²) in [6.45, 7) is 8.16. The van der Waals surface area contributed by atoms with E-state index in [1.54, 1.807) is 54.5 Å². The lowest BCUT2D eigenvalue weighted by molar-refractivity contribution is 0.0551. The van der Waals surface area contributed by atoms with E-state index in [9.17, 15) is 18.0 Å². The van der Waals surface area contributed by atoms with Crippen LogP contribution in [0.15, 0.2) is 67.1 Å². The second-order valence-electron chi connectivity index (χ2n) is 15.0. The van der Waals surface area contributed by atoms with Crippen LogP contribution in [0.1, 0.15) is 105 Å². The standard InChI is InChI=1S/C43H50N6O6S.H2/c1-7-47(25-28(4)54-5)43(51)37-24-45-49(33-17-19-44-20-18-33)40(37)32-21-31-22-34(55-6)14-16-35(31)41-39(29-11-9-8-10-12-29)36-15-13-30(23-38(36)48(41)26-32)42(50)46-56(52,53)27(2)3;/h13-24,27-29H,7-12,25-26H2,1-6H3,(H,46,50);1H. The van der Waals surface area contributed by atoms with E-state index in [-0.39, 0.29) is 24.9 Å². The van der Waals surface area contributed by atoms with E-state index in [2.05, 4.69) is 26.4 Å². The molecular formula is C43H52N6O6S. The third-order valence-corrected chi connectivity index (χ3v) is 12.9. The molecule has 13 heteroatoms. The van der Waals surface area contributed by atoms with Gasteiger partial charge in [0.05, 0.1) is 53.8 Å². The second-order valence-corrected chi connectivity index (χ2v) is 17.2. The molecule has 2 aromatic carbocycles. The van der Waals surface area contributed by atoms with Crippen molar-refractivity contribution in [2.45, 2.75) is 83.6 Å². The molecule has 0 bridgehead atoms. The van der Waals surface area contributed by atoms with Crippen molar-refractivity contribution in [3.05, 3.63) is 95.1 Å². The zero-order valence-corrected chi connectivity index (χ0v) is 33.7. The van der Waals surface area contributed by atoms with E-state index in [0.717, 1.165) is 64.7 Å². The first kappa shape index (κ1) is 39.0. The summed E-state index contributed by atoms with van der Waals surface area (Å²) in [5.41, 5.74) is 7.83. The average molecular weight is 781 g/mol. The summed E-state index contributed by atoms with van der Waals surface area (Å²) >= 11 is 0. The van der Waals surface area contributed by atoms with Gasteiger partial charge in [0.1, 0.15) is 5.75 Å². The number of allylic oxidation sites excluding steroid dienone is 1. The molecular weight excluding hydrogens is 729 g/mol. The monoisotopic (exact) mass is 780 g/mol. The summed E-state index contributed by atoms with van der Waals surface area (Å²) in [4.78, 5) is 34.2. The van der Waals surface area contributed by atoms with Gasteiger partial charge in [-0.2, -0.15) is 5.10 Å². The summed E-state index contributed by atoms with van der Waals surface area (Å²) in [6, 6.07) is 15.3. The van der Waals surface area contributed by atoms with Crippen LogP contribution in [-0.2, 0) is 21.3 Å². The second kappa shape index (κ2) is 16.1. The number of sulfonamides is 1. The number of pyridine rings is 1. The van der Waals surface area contributed by atoms with E-state index in [4.69, 9.17) is 14.6 Å². The number of aromatic nitrogens is 4. The number of fused-ring (bicyclic) bond motifs is 5. The van der Waals surface area contributed by atoms with Gasteiger partial charge in [-0.25, -0.2) is 17.8 Å². The fraction of sp³-hybridized carbons (Fsp3) is 0.395. The number of ether oxygens (including phenoxy) is 2. The molecule has 56 heavy (non-hydrogen) atoms. The van der Waals surface area contributed by atoms with Crippen molar-refractivity contribution in [1.82, 2.24) is 29.0 Å². The largest absolute Gasteiger partial charge is 0.497 e. The Balaban J connectivity index is 0.00000549. The molecule has 1 unspecified atom stereocenters. The Kier molecular flexibility index (Phi) is 11.2. The zero-order chi connectivity index (χ0) is 39.7. The van der Waals surface area contributed by atoms with Crippen LogP contribution in [0.3, 0.4) is 0 Å². The van der Waals surface area contributed by atoms with Crippen LogP contribution < -0.4 is 9.46 Å². The van der Waals surface area contributed by atoms with Crippen molar-refractivity contribution < 1.29 is 28.9 Å². The predicted molar refractivity (Wildman–Crippen MR) is 221 cm³/mol. The first-order valence-corrected chi connectivity index (χ1v) is 20.9. The summed E-state index contributed by atoms with van der Waals surface area (Å²) in [7, 11) is -0.583. The number of nitrogens with one attached hydrogen (secondary N) is 1. The smallest absolute Gasteiger partial charge is 0.264 e. The molecule has 2 amide bonds. The molecule has 3 aromatic heterocycles. The topological polar surface area (TPSA) is 138 Å². The summed E-state index contributed by atoms with van der Waals surface area (Å²) in [5.74, 6) is 0.116. The predicted octanol–water partition coefficient (Wildman–Crippen LogP) is 7.71. The highest BCUT2D eigenvalue weighted by atomic mass is 32.2. The van der Waals surface area contributed by atoms with Gasteiger partial charge < -0.3 is 18.9 Å². The Hall–Kier alpha value is -5.27. The molecule has 1 fully saturated rings. The highest BCUT2D eigenvalue weighted by molar-refractivity contribution is 7.90. The number of carbonyl (C=O) groups is 2. The number of hydrogen-bond acceptors (Lipinski definition) is 8. The average Bonchev–Trinajstić information content (AvgIpc) is 3.74. The van der Waals surface area contributed by atoms with Crippen LogP contribution in [0.4, 0.5) is 0 Å². The Morgan fingerprint density at radius 3 is 2.43 bits per heavy atom. The van der Waals surface area contributed by atoms with Crippen molar-refractivity contribution in [1.29, 1.82) is 0 Å². The number of likely N-dealkylation sites (N-methyl/N-ethyl adjacent to an activating group) is 1. The van der Waals surface area contributed by atoms with Crippen LogP contribution in [0.25, 0.3) is 39.5 Å². The highest BCUT2D eigenvalue weighted by Gasteiger charge is 2.33. The summed E-state index contributed by atoms with van der Waals surface area (Å²) < 4.78 is 43.2. The number of methoxy groups -OCH3 is 2. The van der Waals surface area contributed by atoms with Crippen molar-refractivity contribution in [3.8, 4) is 22.7 Å². The quantitative estimate of drug-likeness (QED) is 0.136. The van der Waals surface area contributed by atoms with Gasteiger partial charge in [-0.1, -0.05) is 25.3 Å². The van der Waals surface area contributed by atoms with Gasteiger partial charge in [0.2, 0.25) is 10.0 Å². The van der Waals surface area contributed by atoms with Crippen molar-refractivity contribution in [2.24, 2.45) is 0 Å². The van der Waals surface area contributed by atoms with Crippen molar-refractivity contribution in [2.75, 3.05) is 27.3 Å². The fourth-order valence-electron chi connectivity index (χ4n) is 8.04. The number of nitrogens with zero attached hydrogens (tertiary/aromatic N) is 5. The maximum absolute atomic E-state index is 14.6. The maximum atomic E-state index is 14.6. The number of amides is 2. The molecule has 0 spiro atoms. The van der Waals surface area contributed by atoms with Gasteiger partial charge in [0, 0.05) is 56.0 Å². The fourth-order valence-corrected chi connectivity index (χ4v) is 8.65. The number of hydrogen-bond donors (Lipinski definition) is 1. The Morgan fingerprint density at radius 1 is 1.00 bits per heavy atom. The van der Waals surface area contributed by atoms with Gasteiger partial charge in [-0.05, 0) is 112 Å². The maximum Gasteiger partial charge on any atom is 0.264 e. The van der Waals surface area contributed by atoms with Gasteiger partial charge >= 0.3 is 0 Å². The molecule has 7 rings (SSSR count). The van der Waals surface area contributed by atoms with Crippen LogP contribution in [0, 0.1) is 0 Å². The van der Waals surface area contributed by atoms with Gasteiger partial charge in [0.25, 0.3) is 11.8 Å². The third-order valence-electron chi connectivity index (χ3n) is 11.2. The normalized spacial score (nSPS) is 15.2. The number of benzene rings is 2. The van der Waals surface area contributed by atoms with E-state index in [1.807, 2.05) is 44.2 Å². The minimum absolute atomic E-state index is 0. The van der Waals surface area contributed by atoms with E-state index >= 15 is 0 Å². The van der Waals surface area contributed by atoms with Crippen molar-refractivity contribution >= 4 is 44.4 Å². The number of carbonyl (C=O) groups excluding carboxylic acids is 2. The minimum atomic E-state index is -3.87. The molecule has 5 aromatic rings. The molecule has 1 aliphatic carbocycles. The zero-order valence-electron chi connectivity index (χ0n) is 32.9. The van der Waals surface area contributed by atoms with Gasteiger partial charge in [-0.15, -0.1) is 0 Å². The first-order chi connectivity index (χ1) is 26.9. The molecule has 1 atom stereocenters. The third kappa shape index (κ3) is 7.37. The Bertz CT molecular complexity index is 2420. The molecule has 2 aliphatic rings. The van der Waals surface area contributed by atoms with E-state index < -0.39 is 21.2 Å². The molecule has 1 saturated carbocycles. The molecule has 0 saturated heterocycles. The molecule has 4 heterocycles. The summed E-state index contributed by atoms with van der Waals surface area (Å²) in [6.07, 6.45) is 12.5. The molecule has 1 N–H and O–H groups in total. The molecule has 1 aliphatic heterocycles. The number of rotatable bonds is 12. The minimum Gasteiger partial charge on any atom is -0.497 e. The molecule has 0 radical (unpaired) electrons. The van der Waals surface area contributed by atoms with Gasteiger partial charge in [0.15, 0.2) is 0 Å². The van der Waals surface area contributed by atoms with Crippen LogP contribution in [0.5, 0.6) is 5.75 Å². The lowest BCUT2D eigenvalue weighted by Crippen LogP contribution is -2.37. The van der Waals surface area contributed by atoms with E-state index in [0.29, 0.717) is 36.6 Å². The van der Waals surface area contributed by atoms with Crippen LogP contribution in [-0.4, -0.2) is 83.1 Å². The lowest BCUT2D eigenvalue weighted by atomic mass is 9.81. The van der Waals surface area contributed by atoms with E-state index in [1.165, 1.54) is 25.8 Å². The van der Waals surface area contributed by atoms with Crippen LogP contribution in [0.2, 0.25) is 0 Å². The van der Waals surface area contributed by atoms with Crippen molar-refractivity contribution in [3.63, 3.8) is 0 Å². The summed E-state index contributed by atoms with van der Waals surface area (Å²) in [5, 5.41) is 5.07. The molecule has 296 valence electrons. The van der Waals surface area contributed by atoms with Crippen LogP contribution >= 0.6 is 0 Å². The molecule has 12 nitrogen and oxygen atoms in total. The SMILES string of the molecule is CCN(CC(C)OC)C(=O)c1cnn(-c2ccncc2)c1C1=Cc2cc(OC)ccc2-c2c(C3CCCCC3)c3ccc(C(=O)NS(=O)(=O)C(C)C)cc3n2C1.[HH]. The lowest BCUT2D eigenvalue weighted by Gasteiger charge is -2.24. The Morgan fingerprint density at radius 2 is 1.75 bits per heavy atom. The van der Waals surface area contributed by atoms with Gasteiger partial charge in [-0.3, -0.25) is 14.6 Å². The Labute approximate surface area is 330 Å².